The lowest BCUT2D eigenvalue weighted by Crippen LogP contribution is -2.23. The number of nitrogens with zero attached hydrogens (tertiary/aromatic N) is 2. The number of nitrogens with one attached hydrogen (secondary N) is 1. The Hall–Kier alpha value is -3.27. The predicted octanol–water partition coefficient (Wildman–Crippen LogP) is 3.28. The molecule has 0 spiro atoms. The van der Waals surface area contributed by atoms with E-state index in [1.807, 2.05) is 0 Å². The third-order valence-corrected chi connectivity index (χ3v) is 5.16. The van der Waals surface area contributed by atoms with Gasteiger partial charge in [-0.3, -0.25) is 19.7 Å². The van der Waals surface area contributed by atoms with Crippen LogP contribution in [0.3, 0.4) is 0 Å². The van der Waals surface area contributed by atoms with Crippen LogP contribution in [-0.2, 0) is 20.9 Å². The van der Waals surface area contributed by atoms with Crippen LogP contribution >= 0.6 is 15.9 Å². The van der Waals surface area contributed by atoms with Gasteiger partial charge in [-0.25, -0.2) is 4.79 Å². The second-order valence-corrected chi connectivity index (χ2v) is 7.52. The van der Waals surface area contributed by atoms with Gasteiger partial charge in [0.2, 0.25) is 5.91 Å². The third kappa shape index (κ3) is 5.41. The molecule has 1 N–H and O–H groups in total. The molecule has 1 aliphatic heterocycles. The summed E-state index contributed by atoms with van der Waals surface area (Å²) in [7, 11) is 0. The number of nitro benzene ring substituents is 1. The summed E-state index contributed by atoms with van der Waals surface area (Å²) in [6.45, 7) is 0.732. The highest BCUT2D eigenvalue weighted by atomic mass is 79.9. The van der Waals surface area contributed by atoms with Crippen LogP contribution in [-0.4, -0.2) is 40.8 Å². The lowest BCUT2D eigenvalue weighted by Gasteiger charge is -2.15. The van der Waals surface area contributed by atoms with E-state index in [9.17, 15) is 24.5 Å². The molecule has 1 heterocycles. The molecule has 0 atom stereocenters. The Morgan fingerprint density at radius 3 is 2.53 bits per heavy atom. The second kappa shape index (κ2) is 9.49. The maximum Gasteiger partial charge on any atom is 0.338 e. The summed E-state index contributed by atoms with van der Waals surface area (Å²) < 4.78 is 5.35. The fourth-order valence-corrected chi connectivity index (χ4v) is 3.42. The average Bonchev–Trinajstić information content (AvgIpc) is 3.12. The number of non-ortho nitro benzene ring substituents is 1. The Kier molecular flexibility index (Phi) is 6.78. The molecule has 0 bridgehead atoms. The van der Waals surface area contributed by atoms with Crippen LogP contribution in [0.2, 0.25) is 0 Å². The van der Waals surface area contributed by atoms with E-state index in [1.54, 1.807) is 29.2 Å². The number of carbonyl (C=O) groups excluding carboxylic acids is 3. The summed E-state index contributed by atoms with van der Waals surface area (Å²) in [6.07, 6.45) is 1.44. The Balaban J connectivity index is 1.50. The number of rotatable bonds is 7. The number of carbonyl (C=O) groups is 3. The summed E-state index contributed by atoms with van der Waals surface area (Å²) in [4.78, 5) is 47.8. The molecule has 1 fully saturated rings. The summed E-state index contributed by atoms with van der Waals surface area (Å²) >= 11 is 3.15. The first-order chi connectivity index (χ1) is 14.3. The fraction of sp³-hybridized carbons (Fsp3) is 0.250. The molecule has 2 aromatic carbocycles. The van der Waals surface area contributed by atoms with Gasteiger partial charge >= 0.3 is 5.97 Å². The topological polar surface area (TPSA) is 119 Å². The molecule has 10 heteroatoms. The van der Waals surface area contributed by atoms with Crippen molar-refractivity contribution >= 4 is 45.1 Å². The molecular formula is C20H18BrN3O6. The van der Waals surface area contributed by atoms with Gasteiger partial charge in [0.15, 0.2) is 6.61 Å². The Morgan fingerprint density at radius 1 is 1.20 bits per heavy atom. The van der Waals surface area contributed by atoms with Crippen molar-refractivity contribution < 1.29 is 24.0 Å². The van der Waals surface area contributed by atoms with Crippen molar-refractivity contribution in [1.29, 1.82) is 0 Å². The van der Waals surface area contributed by atoms with E-state index in [2.05, 4.69) is 21.2 Å². The number of amides is 2. The van der Waals surface area contributed by atoms with E-state index in [0.717, 1.165) is 18.5 Å². The molecule has 0 unspecified atom stereocenters. The largest absolute Gasteiger partial charge is 0.452 e. The Bertz CT molecular complexity index is 993. The third-order valence-electron chi connectivity index (χ3n) is 4.51. The van der Waals surface area contributed by atoms with Crippen LogP contribution in [0.4, 0.5) is 11.4 Å². The van der Waals surface area contributed by atoms with Gasteiger partial charge in [-0.05, 0) is 46.1 Å². The molecule has 0 aromatic heterocycles. The maximum absolute atomic E-state index is 12.1. The minimum Gasteiger partial charge on any atom is -0.452 e. The number of likely N-dealkylation sites (tertiary alicyclic amines) is 1. The van der Waals surface area contributed by atoms with Crippen molar-refractivity contribution in [3.63, 3.8) is 0 Å². The highest BCUT2D eigenvalue weighted by molar-refractivity contribution is 9.10. The van der Waals surface area contributed by atoms with Crippen molar-refractivity contribution in [2.24, 2.45) is 0 Å². The highest BCUT2D eigenvalue weighted by Crippen LogP contribution is 2.27. The van der Waals surface area contributed by atoms with Crippen molar-refractivity contribution in [3.8, 4) is 0 Å². The van der Waals surface area contributed by atoms with Crippen LogP contribution in [0.1, 0.15) is 28.8 Å². The van der Waals surface area contributed by atoms with Gasteiger partial charge in [0, 0.05) is 36.1 Å². The van der Waals surface area contributed by atoms with Crippen LogP contribution in [0, 0.1) is 10.1 Å². The molecule has 2 amide bonds. The summed E-state index contributed by atoms with van der Waals surface area (Å²) in [5.41, 5.74) is 1.39. The smallest absolute Gasteiger partial charge is 0.338 e. The zero-order chi connectivity index (χ0) is 21.7. The summed E-state index contributed by atoms with van der Waals surface area (Å²) in [5.74, 6) is -1.11. The summed E-state index contributed by atoms with van der Waals surface area (Å²) in [6, 6.07) is 10.6. The van der Waals surface area contributed by atoms with Crippen LogP contribution < -0.4 is 5.32 Å². The zero-order valence-electron chi connectivity index (χ0n) is 15.8. The predicted molar refractivity (Wildman–Crippen MR) is 111 cm³/mol. The lowest BCUT2D eigenvalue weighted by molar-refractivity contribution is -0.384. The number of anilines is 1. The van der Waals surface area contributed by atoms with Crippen LogP contribution in [0.15, 0.2) is 46.9 Å². The van der Waals surface area contributed by atoms with E-state index in [0.29, 0.717) is 23.1 Å². The minimum absolute atomic E-state index is 0.121. The van der Waals surface area contributed by atoms with Crippen LogP contribution in [0.5, 0.6) is 0 Å². The molecular weight excluding hydrogens is 458 g/mol. The number of benzene rings is 2. The van der Waals surface area contributed by atoms with E-state index in [1.165, 1.54) is 18.2 Å². The Morgan fingerprint density at radius 2 is 1.93 bits per heavy atom. The average molecular weight is 476 g/mol. The van der Waals surface area contributed by atoms with Gasteiger partial charge in [-0.15, -0.1) is 0 Å². The maximum atomic E-state index is 12.1. The van der Waals surface area contributed by atoms with E-state index < -0.39 is 23.4 Å². The quantitative estimate of drug-likeness (QED) is 0.372. The van der Waals surface area contributed by atoms with Gasteiger partial charge in [0.1, 0.15) is 0 Å². The van der Waals surface area contributed by atoms with Crippen molar-refractivity contribution in [2.45, 2.75) is 19.4 Å². The van der Waals surface area contributed by atoms with E-state index in [4.69, 9.17) is 4.74 Å². The number of ether oxygens (including phenoxy) is 1. The number of hydrogen-bond acceptors (Lipinski definition) is 6. The molecule has 0 aliphatic carbocycles. The molecule has 2 aromatic rings. The van der Waals surface area contributed by atoms with Crippen molar-refractivity contribution in [2.75, 3.05) is 18.5 Å². The molecule has 30 heavy (non-hydrogen) atoms. The lowest BCUT2D eigenvalue weighted by atomic mass is 10.1. The van der Waals surface area contributed by atoms with Gasteiger partial charge in [-0.1, -0.05) is 12.1 Å². The highest BCUT2D eigenvalue weighted by Gasteiger charge is 2.20. The molecule has 9 nitrogen and oxygen atoms in total. The second-order valence-electron chi connectivity index (χ2n) is 6.66. The zero-order valence-corrected chi connectivity index (χ0v) is 17.4. The van der Waals surface area contributed by atoms with E-state index in [-0.39, 0.29) is 17.2 Å². The summed E-state index contributed by atoms with van der Waals surface area (Å²) in [5, 5.41) is 13.3. The minimum atomic E-state index is -0.656. The van der Waals surface area contributed by atoms with Gasteiger partial charge in [-0.2, -0.15) is 0 Å². The molecule has 0 radical (unpaired) electrons. The molecule has 3 rings (SSSR count). The molecule has 0 saturated carbocycles. The van der Waals surface area contributed by atoms with Gasteiger partial charge < -0.3 is 15.0 Å². The normalized spacial score (nSPS) is 13.2. The SMILES string of the molecule is O=C(COC(=O)c1ccc(CN2CCCC2=O)cc1)Nc1ccc([N+](=O)[O-])cc1Br. The van der Waals surface area contributed by atoms with Crippen LogP contribution in [0.25, 0.3) is 0 Å². The van der Waals surface area contributed by atoms with Gasteiger partial charge in [0.05, 0.1) is 16.2 Å². The number of halogens is 1. The molecule has 156 valence electrons. The number of hydrogen-bond donors (Lipinski definition) is 1. The first-order valence-corrected chi connectivity index (χ1v) is 9.90. The monoisotopic (exact) mass is 475 g/mol. The van der Waals surface area contributed by atoms with E-state index >= 15 is 0 Å². The number of esters is 1. The first kappa shape index (κ1) is 21.4. The number of nitro groups is 1. The fourth-order valence-electron chi connectivity index (χ4n) is 2.96. The Labute approximate surface area is 180 Å². The van der Waals surface area contributed by atoms with Gasteiger partial charge in [0.25, 0.3) is 11.6 Å². The standard InChI is InChI=1S/C20H18BrN3O6/c21-16-10-15(24(28)29)7-8-17(16)22-18(25)12-30-20(27)14-5-3-13(4-6-14)11-23-9-1-2-19(23)26/h3-8,10H,1-2,9,11-12H2,(H,22,25). The first-order valence-electron chi connectivity index (χ1n) is 9.11. The van der Waals surface area contributed by atoms with Crippen molar-refractivity contribution in [1.82, 2.24) is 4.90 Å². The molecule has 1 saturated heterocycles. The molecule has 1 aliphatic rings. The van der Waals surface area contributed by atoms with Crippen molar-refractivity contribution in [3.05, 3.63) is 68.2 Å².